The Morgan fingerprint density at radius 2 is 2.00 bits per heavy atom. The quantitative estimate of drug-likeness (QED) is 0.744. The van der Waals surface area contributed by atoms with Gasteiger partial charge in [-0.2, -0.15) is 5.26 Å². The Bertz CT molecular complexity index is 417. The monoisotopic (exact) mass is 263 g/mol. The van der Waals surface area contributed by atoms with E-state index in [1.165, 1.54) is 31.4 Å². The Morgan fingerprint density at radius 3 is 2.65 bits per heavy atom. The van der Waals surface area contributed by atoms with Gasteiger partial charge in [-0.05, 0) is 37.1 Å². The van der Waals surface area contributed by atoms with Crippen molar-refractivity contribution in [1.82, 2.24) is 0 Å². The highest BCUT2D eigenvalue weighted by atomic mass is 32.2. The van der Waals surface area contributed by atoms with Gasteiger partial charge in [0, 0.05) is 15.5 Å². The summed E-state index contributed by atoms with van der Waals surface area (Å²) in [6, 6.07) is 8.52. The summed E-state index contributed by atoms with van der Waals surface area (Å²) in [5.41, 5.74) is 0.864. The summed E-state index contributed by atoms with van der Waals surface area (Å²) in [7, 11) is 0. The fraction of sp³-hybridized carbons (Fsp3) is 0.500. The van der Waals surface area contributed by atoms with E-state index in [2.05, 4.69) is 18.2 Å². The Morgan fingerprint density at radius 1 is 1.29 bits per heavy atom. The molecule has 0 radical (unpaired) electrons. The minimum Gasteiger partial charge on any atom is -0.192 e. The van der Waals surface area contributed by atoms with E-state index in [0.29, 0.717) is 0 Å². The smallest absolute Gasteiger partial charge is 0.101 e. The fourth-order valence-electron chi connectivity index (χ4n) is 2.30. The molecule has 1 fully saturated rings. The highest BCUT2D eigenvalue weighted by Crippen LogP contribution is 2.34. The number of thioether (sulfide) groups is 2. The number of hydrogen-bond acceptors (Lipinski definition) is 3. The second kappa shape index (κ2) is 6.37. The van der Waals surface area contributed by atoms with Gasteiger partial charge in [0.1, 0.15) is 6.07 Å². The van der Waals surface area contributed by atoms with Gasteiger partial charge in [0.2, 0.25) is 0 Å². The molecule has 1 nitrogen and oxygen atoms in total. The molecule has 90 valence electrons. The SMILES string of the molecule is CSc1cccc(SCC2CCCC2)c1C#N. The van der Waals surface area contributed by atoms with Crippen molar-refractivity contribution in [3.05, 3.63) is 23.8 Å². The first-order chi connectivity index (χ1) is 8.35. The molecule has 0 saturated heterocycles. The zero-order chi connectivity index (χ0) is 12.1. The van der Waals surface area contributed by atoms with Gasteiger partial charge < -0.3 is 0 Å². The molecule has 1 aliphatic carbocycles. The normalized spacial score (nSPS) is 16.0. The third-order valence-electron chi connectivity index (χ3n) is 3.27. The average Bonchev–Trinajstić information content (AvgIpc) is 2.88. The predicted octanol–water partition coefficient (Wildman–Crippen LogP) is 4.56. The lowest BCUT2D eigenvalue weighted by Gasteiger charge is -2.10. The maximum atomic E-state index is 9.25. The molecule has 0 heterocycles. The molecule has 0 unspecified atom stereocenters. The topological polar surface area (TPSA) is 23.8 Å². The molecular weight excluding hydrogens is 246 g/mol. The van der Waals surface area contributed by atoms with Gasteiger partial charge in [0.05, 0.1) is 5.56 Å². The van der Waals surface area contributed by atoms with Crippen LogP contribution in [0.2, 0.25) is 0 Å². The highest BCUT2D eigenvalue weighted by Gasteiger charge is 2.16. The first-order valence-electron chi connectivity index (χ1n) is 6.05. The Labute approximate surface area is 112 Å². The van der Waals surface area contributed by atoms with Crippen molar-refractivity contribution in [2.75, 3.05) is 12.0 Å². The largest absolute Gasteiger partial charge is 0.192 e. The van der Waals surface area contributed by atoms with Crippen LogP contribution in [0.25, 0.3) is 0 Å². The predicted molar refractivity (Wildman–Crippen MR) is 75.6 cm³/mol. The molecular formula is C14H17NS2. The van der Waals surface area contributed by atoms with Crippen molar-refractivity contribution in [3.8, 4) is 6.07 Å². The molecule has 0 bridgehead atoms. The van der Waals surface area contributed by atoms with Crippen molar-refractivity contribution >= 4 is 23.5 Å². The molecule has 17 heavy (non-hydrogen) atoms. The van der Waals surface area contributed by atoms with Crippen LogP contribution in [0.1, 0.15) is 31.2 Å². The van der Waals surface area contributed by atoms with Crippen LogP contribution in [0.4, 0.5) is 0 Å². The van der Waals surface area contributed by atoms with E-state index in [4.69, 9.17) is 0 Å². The molecule has 0 aliphatic heterocycles. The summed E-state index contributed by atoms with van der Waals surface area (Å²) < 4.78 is 0. The van der Waals surface area contributed by atoms with E-state index in [-0.39, 0.29) is 0 Å². The lowest BCUT2D eigenvalue weighted by atomic mass is 10.1. The van der Waals surface area contributed by atoms with E-state index in [1.54, 1.807) is 11.8 Å². The third kappa shape index (κ3) is 3.20. The van der Waals surface area contributed by atoms with Gasteiger partial charge in [0.15, 0.2) is 0 Å². The van der Waals surface area contributed by atoms with E-state index in [0.717, 1.165) is 21.3 Å². The number of nitrogens with zero attached hydrogens (tertiary/aromatic N) is 1. The maximum Gasteiger partial charge on any atom is 0.101 e. The van der Waals surface area contributed by atoms with Crippen LogP contribution in [0.15, 0.2) is 28.0 Å². The summed E-state index contributed by atoms with van der Waals surface area (Å²) in [6.45, 7) is 0. The first-order valence-corrected chi connectivity index (χ1v) is 8.26. The van der Waals surface area contributed by atoms with Gasteiger partial charge in [-0.3, -0.25) is 0 Å². The van der Waals surface area contributed by atoms with Crippen LogP contribution in [-0.2, 0) is 0 Å². The molecule has 0 N–H and O–H groups in total. The number of rotatable bonds is 4. The molecule has 3 heteroatoms. The van der Waals surface area contributed by atoms with Crippen LogP contribution in [-0.4, -0.2) is 12.0 Å². The molecule has 1 saturated carbocycles. The van der Waals surface area contributed by atoms with E-state index in [1.807, 2.05) is 24.1 Å². The van der Waals surface area contributed by atoms with Crippen LogP contribution in [0.3, 0.4) is 0 Å². The lowest BCUT2D eigenvalue weighted by Crippen LogP contribution is -1.97. The maximum absolute atomic E-state index is 9.25. The highest BCUT2D eigenvalue weighted by molar-refractivity contribution is 7.99. The van der Waals surface area contributed by atoms with Crippen LogP contribution < -0.4 is 0 Å². The van der Waals surface area contributed by atoms with Gasteiger partial charge in [-0.1, -0.05) is 18.9 Å². The van der Waals surface area contributed by atoms with Crippen LogP contribution in [0, 0.1) is 17.2 Å². The van der Waals surface area contributed by atoms with E-state index in [9.17, 15) is 5.26 Å². The Hall–Kier alpha value is -0.590. The molecule has 0 spiro atoms. The number of benzene rings is 1. The zero-order valence-corrected chi connectivity index (χ0v) is 11.7. The zero-order valence-electron chi connectivity index (χ0n) is 10.1. The van der Waals surface area contributed by atoms with Crippen molar-refractivity contribution in [2.24, 2.45) is 5.92 Å². The number of nitriles is 1. The second-order valence-corrected chi connectivity index (χ2v) is 6.32. The van der Waals surface area contributed by atoms with Gasteiger partial charge >= 0.3 is 0 Å². The number of hydrogen-bond donors (Lipinski definition) is 0. The summed E-state index contributed by atoms with van der Waals surface area (Å²) in [5.74, 6) is 2.04. The summed E-state index contributed by atoms with van der Waals surface area (Å²) >= 11 is 3.52. The van der Waals surface area contributed by atoms with E-state index >= 15 is 0 Å². The molecule has 1 aromatic carbocycles. The molecule has 0 amide bonds. The second-order valence-electron chi connectivity index (χ2n) is 4.41. The van der Waals surface area contributed by atoms with Crippen molar-refractivity contribution in [3.63, 3.8) is 0 Å². The van der Waals surface area contributed by atoms with Crippen LogP contribution in [0.5, 0.6) is 0 Å². The first kappa shape index (κ1) is 12.9. The lowest BCUT2D eigenvalue weighted by molar-refractivity contribution is 0.623. The minimum atomic E-state index is 0.864. The van der Waals surface area contributed by atoms with Gasteiger partial charge in [-0.25, -0.2) is 0 Å². The van der Waals surface area contributed by atoms with Gasteiger partial charge in [-0.15, -0.1) is 23.5 Å². The van der Waals surface area contributed by atoms with Crippen molar-refractivity contribution in [1.29, 1.82) is 5.26 Å². The minimum absolute atomic E-state index is 0.864. The van der Waals surface area contributed by atoms with Crippen molar-refractivity contribution < 1.29 is 0 Å². The summed E-state index contributed by atoms with van der Waals surface area (Å²) in [6.07, 6.45) is 7.55. The summed E-state index contributed by atoms with van der Waals surface area (Å²) in [5, 5.41) is 9.25. The Kier molecular flexibility index (Phi) is 4.82. The van der Waals surface area contributed by atoms with Crippen LogP contribution >= 0.6 is 23.5 Å². The van der Waals surface area contributed by atoms with Gasteiger partial charge in [0.25, 0.3) is 0 Å². The Balaban J connectivity index is 2.07. The molecule has 0 atom stereocenters. The average molecular weight is 263 g/mol. The molecule has 0 aromatic heterocycles. The standard InChI is InChI=1S/C14H17NS2/c1-16-13-7-4-8-14(12(13)9-15)17-10-11-5-2-3-6-11/h4,7-8,11H,2-3,5-6,10H2,1H3. The fourth-order valence-corrected chi connectivity index (χ4v) is 4.16. The summed E-state index contributed by atoms with van der Waals surface area (Å²) in [4.78, 5) is 2.26. The molecule has 1 aliphatic rings. The molecule has 2 rings (SSSR count). The third-order valence-corrected chi connectivity index (χ3v) is 5.34. The van der Waals surface area contributed by atoms with Crippen molar-refractivity contribution in [2.45, 2.75) is 35.5 Å². The molecule has 1 aromatic rings. The van der Waals surface area contributed by atoms with E-state index < -0.39 is 0 Å².